The van der Waals surface area contributed by atoms with Gasteiger partial charge in [0.1, 0.15) is 5.75 Å². The van der Waals surface area contributed by atoms with Crippen molar-refractivity contribution in [2.24, 2.45) is 0 Å². The van der Waals surface area contributed by atoms with Gasteiger partial charge < -0.3 is 10.1 Å². The highest BCUT2D eigenvalue weighted by Gasteiger charge is 2.14. The fourth-order valence-electron chi connectivity index (χ4n) is 2.87. The molecule has 0 saturated carbocycles. The third-order valence-electron chi connectivity index (χ3n) is 4.73. The number of benzene rings is 2. The van der Waals surface area contributed by atoms with Gasteiger partial charge in [0, 0.05) is 19.5 Å². The number of carbonyl (C=O) groups is 1. The van der Waals surface area contributed by atoms with Crippen molar-refractivity contribution in [2.45, 2.75) is 45.4 Å². The van der Waals surface area contributed by atoms with Crippen molar-refractivity contribution in [1.29, 1.82) is 0 Å². The number of hydrogen-bond acceptors (Lipinski definition) is 4. The van der Waals surface area contributed by atoms with Gasteiger partial charge in [-0.25, -0.2) is 13.1 Å². The summed E-state index contributed by atoms with van der Waals surface area (Å²) in [5.74, 6) is 0.745. The van der Waals surface area contributed by atoms with Crippen molar-refractivity contribution in [3.8, 4) is 5.75 Å². The van der Waals surface area contributed by atoms with E-state index in [1.54, 1.807) is 18.2 Å². The van der Waals surface area contributed by atoms with Crippen LogP contribution in [-0.2, 0) is 14.8 Å². The Labute approximate surface area is 173 Å². The molecule has 0 saturated heterocycles. The maximum atomic E-state index is 12.3. The van der Waals surface area contributed by atoms with Crippen LogP contribution in [0.15, 0.2) is 41.3 Å². The average molecular weight is 419 g/mol. The maximum Gasteiger partial charge on any atom is 0.240 e. The zero-order valence-corrected chi connectivity index (χ0v) is 18.4. The van der Waals surface area contributed by atoms with Crippen LogP contribution >= 0.6 is 0 Å². The molecule has 0 spiro atoms. The number of aryl methyl sites for hydroxylation is 4. The first-order valence-corrected chi connectivity index (χ1v) is 11.2. The highest BCUT2D eigenvalue weighted by Crippen LogP contribution is 2.22. The Morgan fingerprint density at radius 2 is 1.62 bits per heavy atom. The van der Waals surface area contributed by atoms with Crippen molar-refractivity contribution in [3.05, 3.63) is 58.7 Å². The van der Waals surface area contributed by atoms with E-state index < -0.39 is 10.0 Å². The molecule has 1 amide bonds. The standard InChI is InChI=1S/C22H30N2O4S/c1-16-10-11-20(15-19(16)4)29(26,27)24-13-12-23-21(25)9-6-14-28-22-17(2)7-5-8-18(22)3/h5,7-8,10-11,15,24H,6,9,12-14H2,1-4H3,(H,23,25). The Morgan fingerprint density at radius 3 is 2.28 bits per heavy atom. The van der Waals surface area contributed by atoms with E-state index >= 15 is 0 Å². The highest BCUT2D eigenvalue weighted by molar-refractivity contribution is 7.89. The quantitative estimate of drug-likeness (QED) is 0.581. The number of para-hydroxylation sites is 1. The van der Waals surface area contributed by atoms with Crippen LogP contribution < -0.4 is 14.8 Å². The Kier molecular flexibility index (Phi) is 8.22. The van der Waals surface area contributed by atoms with Crippen molar-refractivity contribution in [3.63, 3.8) is 0 Å². The van der Waals surface area contributed by atoms with E-state index in [0.717, 1.165) is 28.0 Å². The van der Waals surface area contributed by atoms with Crippen LogP contribution in [0.5, 0.6) is 5.75 Å². The zero-order valence-electron chi connectivity index (χ0n) is 17.5. The van der Waals surface area contributed by atoms with Gasteiger partial charge in [-0.3, -0.25) is 4.79 Å². The van der Waals surface area contributed by atoms with Gasteiger partial charge in [-0.2, -0.15) is 0 Å². The Morgan fingerprint density at radius 1 is 0.931 bits per heavy atom. The van der Waals surface area contributed by atoms with E-state index in [9.17, 15) is 13.2 Å². The molecule has 7 heteroatoms. The first-order chi connectivity index (χ1) is 13.7. The Bertz CT molecular complexity index is 935. The highest BCUT2D eigenvalue weighted by atomic mass is 32.2. The lowest BCUT2D eigenvalue weighted by Gasteiger charge is -2.12. The molecule has 2 aromatic rings. The molecule has 0 aliphatic carbocycles. The van der Waals surface area contributed by atoms with E-state index in [1.165, 1.54) is 0 Å². The van der Waals surface area contributed by atoms with E-state index in [4.69, 9.17) is 4.74 Å². The first-order valence-electron chi connectivity index (χ1n) is 9.73. The maximum absolute atomic E-state index is 12.3. The van der Waals surface area contributed by atoms with E-state index in [-0.39, 0.29) is 23.9 Å². The molecule has 2 N–H and O–H groups in total. The molecule has 0 aromatic heterocycles. The number of rotatable bonds is 10. The molecule has 0 heterocycles. The number of amides is 1. The van der Waals surface area contributed by atoms with Gasteiger partial charge in [0.2, 0.25) is 15.9 Å². The molecule has 2 aromatic carbocycles. The second kappa shape index (κ2) is 10.4. The molecular formula is C22H30N2O4S. The van der Waals surface area contributed by atoms with Gasteiger partial charge in [-0.1, -0.05) is 24.3 Å². The topological polar surface area (TPSA) is 84.5 Å². The third kappa shape index (κ3) is 6.87. The number of nitrogens with one attached hydrogen (secondary N) is 2. The molecule has 0 radical (unpaired) electrons. The summed E-state index contributed by atoms with van der Waals surface area (Å²) in [5, 5.41) is 2.73. The number of sulfonamides is 1. The van der Waals surface area contributed by atoms with Gasteiger partial charge in [0.05, 0.1) is 11.5 Å². The van der Waals surface area contributed by atoms with Crippen LogP contribution in [0.3, 0.4) is 0 Å². The van der Waals surface area contributed by atoms with Gasteiger partial charge in [0.25, 0.3) is 0 Å². The zero-order chi connectivity index (χ0) is 21.4. The van der Waals surface area contributed by atoms with E-state index in [2.05, 4.69) is 10.0 Å². The minimum absolute atomic E-state index is 0.125. The van der Waals surface area contributed by atoms with Crippen molar-refractivity contribution >= 4 is 15.9 Å². The second-order valence-electron chi connectivity index (χ2n) is 7.17. The summed E-state index contributed by atoms with van der Waals surface area (Å²) in [6, 6.07) is 11.0. The van der Waals surface area contributed by atoms with Crippen LogP contribution in [0.2, 0.25) is 0 Å². The summed E-state index contributed by atoms with van der Waals surface area (Å²) < 4.78 is 32.9. The van der Waals surface area contributed by atoms with Gasteiger partial charge in [-0.15, -0.1) is 0 Å². The first kappa shape index (κ1) is 22.9. The van der Waals surface area contributed by atoms with E-state index in [1.807, 2.05) is 45.9 Å². The van der Waals surface area contributed by atoms with Gasteiger partial charge in [0.15, 0.2) is 0 Å². The molecule has 6 nitrogen and oxygen atoms in total. The number of ether oxygens (including phenoxy) is 1. The minimum Gasteiger partial charge on any atom is -0.493 e. The number of hydrogen-bond donors (Lipinski definition) is 2. The van der Waals surface area contributed by atoms with Gasteiger partial charge >= 0.3 is 0 Å². The smallest absolute Gasteiger partial charge is 0.240 e. The molecule has 0 aliphatic rings. The minimum atomic E-state index is -3.58. The lowest BCUT2D eigenvalue weighted by atomic mass is 10.1. The predicted octanol–water partition coefficient (Wildman–Crippen LogP) is 3.17. The summed E-state index contributed by atoms with van der Waals surface area (Å²) in [7, 11) is -3.58. The largest absolute Gasteiger partial charge is 0.493 e. The summed E-state index contributed by atoms with van der Waals surface area (Å²) in [4.78, 5) is 12.2. The van der Waals surface area contributed by atoms with Crippen LogP contribution in [-0.4, -0.2) is 34.0 Å². The summed E-state index contributed by atoms with van der Waals surface area (Å²) in [6.07, 6.45) is 0.919. The van der Waals surface area contributed by atoms with Crippen molar-refractivity contribution < 1.29 is 17.9 Å². The summed E-state index contributed by atoms with van der Waals surface area (Å²) >= 11 is 0. The van der Waals surface area contributed by atoms with Crippen LogP contribution in [0.4, 0.5) is 0 Å². The van der Waals surface area contributed by atoms with Crippen LogP contribution in [0.1, 0.15) is 35.1 Å². The fourth-order valence-corrected chi connectivity index (χ4v) is 3.99. The fraction of sp³-hybridized carbons (Fsp3) is 0.409. The molecule has 0 bridgehead atoms. The van der Waals surface area contributed by atoms with Crippen LogP contribution in [0, 0.1) is 27.7 Å². The lowest BCUT2D eigenvalue weighted by Crippen LogP contribution is -2.34. The molecular weight excluding hydrogens is 388 g/mol. The normalized spacial score (nSPS) is 11.3. The van der Waals surface area contributed by atoms with Crippen molar-refractivity contribution in [1.82, 2.24) is 10.0 Å². The monoisotopic (exact) mass is 418 g/mol. The molecule has 158 valence electrons. The second-order valence-corrected chi connectivity index (χ2v) is 8.93. The summed E-state index contributed by atoms with van der Waals surface area (Å²) in [5.41, 5.74) is 4.11. The predicted molar refractivity (Wildman–Crippen MR) is 115 cm³/mol. The third-order valence-corrected chi connectivity index (χ3v) is 6.19. The molecule has 0 unspecified atom stereocenters. The molecule has 0 fully saturated rings. The average Bonchev–Trinajstić information content (AvgIpc) is 2.66. The SMILES string of the molecule is Cc1ccc(S(=O)(=O)NCCNC(=O)CCCOc2c(C)cccc2C)cc1C. The summed E-state index contributed by atoms with van der Waals surface area (Å²) in [6.45, 7) is 8.63. The molecule has 29 heavy (non-hydrogen) atoms. The number of carbonyl (C=O) groups excluding carboxylic acids is 1. The Hall–Kier alpha value is -2.38. The molecule has 0 atom stereocenters. The van der Waals surface area contributed by atoms with E-state index in [0.29, 0.717) is 19.4 Å². The van der Waals surface area contributed by atoms with Crippen LogP contribution in [0.25, 0.3) is 0 Å². The van der Waals surface area contributed by atoms with Crippen molar-refractivity contribution in [2.75, 3.05) is 19.7 Å². The lowest BCUT2D eigenvalue weighted by molar-refractivity contribution is -0.121. The van der Waals surface area contributed by atoms with Gasteiger partial charge in [-0.05, 0) is 68.5 Å². The molecule has 2 rings (SSSR count). The Balaban J connectivity index is 1.67. The molecule has 0 aliphatic heterocycles.